The molecule has 0 aliphatic heterocycles. The van der Waals surface area contributed by atoms with Crippen molar-refractivity contribution in [2.75, 3.05) is 17.2 Å². The maximum atomic E-state index is 12.9. The molecule has 3 aromatic rings. The number of hydrogen-bond donors (Lipinski definition) is 2. The summed E-state index contributed by atoms with van der Waals surface area (Å²) in [6, 6.07) is 14.6. The minimum Gasteiger partial charge on any atom is -0.452 e. The van der Waals surface area contributed by atoms with Gasteiger partial charge in [-0.2, -0.15) is 13.2 Å². The summed E-state index contributed by atoms with van der Waals surface area (Å²) in [5.74, 6) is -1.37. The molecule has 2 aromatic carbocycles. The zero-order chi connectivity index (χ0) is 23.1. The number of nitrogens with zero attached hydrogens (tertiary/aromatic N) is 1. The highest BCUT2D eigenvalue weighted by Gasteiger charge is 2.30. The molecule has 3 rings (SSSR count). The van der Waals surface area contributed by atoms with Crippen LogP contribution in [0.15, 0.2) is 66.9 Å². The average Bonchev–Trinajstić information content (AvgIpc) is 2.78. The zero-order valence-corrected chi connectivity index (χ0v) is 17.1. The molecule has 0 saturated heterocycles. The van der Waals surface area contributed by atoms with Gasteiger partial charge < -0.3 is 15.4 Å². The molecule has 32 heavy (non-hydrogen) atoms. The topological polar surface area (TPSA) is 80.3 Å². The van der Waals surface area contributed by atoms with Crippen molar-refractivity contribution in [2.45, 2.75) is 19.5 Å². The summed E-state index contributed by atoms with van der Waals surface area (Å²) in [7, 11) is 0. The van der Waals surface area contributed by atoms with E-state index in [4.69, 9.17) is 4.74 Å². The molecule has 0 aliphatic carbocycles. The van der Waals surface area contributed by atoms with Gasteiger partial charge in [-0.1, -0.05) is 25.1 Å². The molecule has 6 nitrogen and oxygen atoms in total. The molecule has 0 radical (unpaired) electrons. The fraction of sp³-hybridized carbons (Fsp3) is 0.174. The van der Waals surface area contributed by atoms with Gasteiger partial charge in [0.25, 0.3) is 5.91 Å². The van der Waals surface area contributed by atoms with Crippen molar-refractivity contribution in [1.82, 2.24) is 4.98 Å². The number of carbonyl (C=O) groups is 2. The number of halogens is 3. The fourth-order valence-corrected chi connectivity index (χ4v) is 2.81. The van der Waals surface area contributed by atoms with Gasteiger partial charge in [0.05, 0.1) is 5.56 Å². The molecule has 0 fully saturated rings. The highest BCUT2D eigenvalue weighted by atomic mass is 19.4. The Morgan fingerprint density at radius 1 is 1.00 bits per heavy atom. The molecule has 1 aromatic heterocycles. The molecule has 0 aliphatic rings. The van der Waals surface area contributed by atoms with E-state index in [0.717, 1.165) is 24.1 Å². The third-order valence-corrected chi connectivity index (χ3v) is 4.46. The number of rotatable bonds is 7. The maximum Gasteiger partial charge on any atom is 0.416 e. The lowest BCUT2D eigenvalue weighted by atomic mass is 10.1. The van der Waals surface area contributed by atoms with Crippen LogP contribution in [0.5, 0.6) is 0 Å². The zero-order valence-electron chi connectivity index (χ0n) is 17.1. The van der Waals surface area contributed by atoms with Crippen molar-refractivity contribution in [3.8, 4) is 0 Å². The summed E-state index contributed by atoms with van der Waals surface area (Å²) in [5.41, 5.74) is 0.917. The molecule has 0 bridgehead atoms. The second kappa shape index (κ2) is 9.95. The molecule has 0 unspecified atom stereocenters. The monoisotopic (exact) mass is 443 g/mol. The van der Waals surface area contributed by atoms with E-state index in [9.17, 15) is 22.8 Å². The van der Waals surface area contributed by atoms with Crippen LogP contribution in [-0.4, -0.2) is 23.5 Å². The summed E-state index contributed by atoms with van der Waals surface area (Å²) >= 11 is 0. The highest BCUT2D eigenvalue weighted by molar-refractivity contribution is 5.98. The Kier molecular flexibility index (Phi) is 7.09. The van der Waals surface area contributed by atoms with Crippen LogP contribution in [0.1, 0.15) is 28.4 Å². The SMILES string of the molecule is CCc1ccc(NC(=O)COC(=O)c2cccnc2Nc2cccc(C(F)(F)F)c2)cc1. The summed E-state index contributed by atoms with van der Waals surface area (Å²) in [4.78, 5) is 28.5. The lowest BCUT2D eigenvalue weighted by Crippen LogP contribution is -2.21. The third kappa shape index (κ3) is 6.07. The van der Waals surface area contributed by atoms with E-state index >= 15 is 0 Å². The van der Waals surface area contributed by atoms with Crippen LogP contribution in [-0.2, 0) is 22.1 Å². The Hall–Kier alpha value is -3.88. The molecule has 1 amide bonds. The minimum atomic E-state index is -4.51. The van der Waals surface area contributed by atoms with Crippen molar-refractivity contribution in [2.24, 2.45) is 0 Å². The molecule has 1 heterocycles. The van der Waals surface area contributed by atoms with Crippen LogP contribution in [0.25, 0.3) is 0 Å². The fourth-order valence-electron chi connectivity index (χ4n) is 2.81. The molecule has 0 saturated carbocycles. The molecule has 9 heteroatoms. The second-order valence-corrected chi connectivity index (χ2v) is 6.78. The molecule has 2 N–H and O–H groups in total. The largest absolute Gasteiger partial charge is 0.452 e. The number of pyridine rings is 1. The number of aryl methyl sites for hydroxylation is 1. The lowest BCUT2D eigenvalue weighted by molar-refractivity contribution is -0.137. The number of amides is 1. The van der Waals surface area contributed by atoms with Crippen LogP contribution >= 0.6 is 0 Å². The van der Waals surface area contributed by atoms with Gasteiger partial charge in [0.2, 0.25) is 0 Å². The number of aromatic nitrogens is 1. The minimum absolute atomic E-state index is 0.00684. The van der Waals surface area contributed by atoms with Crippen molar-refractivity contribution >= 4 is 29.1 Å². The van der Waals surface area contributed by atoms with E-state index in [2.05, 4.69) is 15.6 Å². The Labute approximate surface area is 182 Å². The van der Waals surface area contributed by atoms with Gasteiger partial charge in [0, 0.05) is 17.6 Å². The summed E-state index contributed by atoms with van der Waals surface area (Å²) in [6.07, 6.45) is -2.26. The number of nitrogens with one attached hydrogen (secondary N) is 2. The van der Waals surface area contributed by atoms with E-state index in [1.807, 2.05) is 19.1 Å². The second-order valence-electron chi connectivity index (χ2n) is 6.78. The van der Waals surface area contributed by atoms with Crippen LogP contribution in [0.3, 0.4) is 0 Å². The van der Waals surface area contributed by atoms with Crippen molar-refractivity contribution in [3.05, 3.63) is 83.6 Å². The van der Waals surface area contributed by atoms with E-state index in [1.165, 1.54) is 30.5 Å². The average molecular weight is 443 g/mol. The Morgan fingerprint density at radius 3 is 2.44 bits per heavy atom. The van der Waals surface area contributed by atoms with Crippen molar-refractivity contribution < 1.29 is 27.5 Å². The molecule has 166 valence electrons. The van der Waals surface area contributed by atoms with Crippen LogP contribution in [0, 0.1) is 0 Å². The van der Waals surface area contributed by atoms with Gasteiger partial charge in [0.15, 0.2) is 6.61 Å². The van der Waals surface area contributed by atoms with E-state index in [0.29, 0.717) is 5.69 Å². The predicted octanol–water partition coefficient (Wildman–Crippen LogP) is 5.20. The van der Waals surface area contributed by atoms with E-state index < -0.39 is 30.2 Å². The van der Waals surface area contributed by atoms with Crippen LogP contribution in [0.4, 0.5) is 30.4 Å². The number of anilines is 3. The first kappa shape index (κ1) is 22.8. The Balaban J connectivity index is 1.64. The summed E-state index contributed by atoms with van der Waals surface area (Å²) in [6.45, 7) is 1.48. The van der Waals surface area contributed by atoms with Gasteiger partial charge in [-0.3, -0.25) is 4.79 Å². The van der Waals surface area contributed by atoms with E-state index in [1.54, 1.807) is 12.1 Å². The highest BCUT2D eigenvalue weighted by Crippen LogP contribution is 2.31. The van der Waals surface area contributed by atoms with Crippen molar-refractivity contribution in [3.63, 3.8) is 0 Å². The molecule has 0 atom stereocenters. The first-order chi connectivity index (χ1) is 15.3. The first-order valence-corrected chi connectivity index (χ1v) is 9.71. The Morgan fingerprint density at radius 2 is 1.75 bits per heavy atom. The molecule has 0 spiro atoms. The third-order valence-electron chi connectivity index (χ3n) is 4.46. The standard InChI is InChI=1S/C23H20F3N3O3/c1-2-15-8-10-17(11-9-15)28-20(30)14-32-22(31)19-7-4-12-27-21(19)29-18-6-3-5-16(13-18)23(24,25)26/h3-13H,2,14H2,1H3,(H,27,29)(H,28,30). The Bertz CT molecular complexity index is 1100. The number of hydrogen-bond acceptors (Lipinski definition) is 5. The van der Waals surface area contributed by atoms with Crippen molar-refractivity contribution in [1.29, 1.82) is 0 Å². The quantitative estimate of drug-likeness (QED) is 0.491. The van der Waals surface area contributed by atoms with Gasteiger partial charge in [-0.05, 0) is 54.4 Å². The first-order valence-electron chi connectivity index (χ1n) is 9.71. The normalized spacial score (nSPS) is 11.0. The molecular formula is C23H20F3N3O3. The van der Waals surface area contributed by atoms with E-state index in [-0.39, 0.29) is 17.1 Å². The van der Waals surface area contributed by atoms with Gasteiger partial charge >= 0.3 is 12.1 Å². The smallest absolute Gasteiger partial charge is 0.416 e. The van der Waals surface area contributed by atoms with Crippen LogP contribution < -0.4 is 10.6 Å². The number of carbonyl (C=O) groups excluding carboxylic acids is 2. The number of esters is 1. The van der Waals surface area contributed by atoms with Gasteiger partial charge in [-0.25, -0.2) is 9.78 Å². The summed E-state index contributed by atoms with van der Waals surface area (Å²) in [5, 5.41) is 5.31. The summed E-state index contributed by atoms with van der Waals surface area (Å²) < 4.78 is 43.8. The number of ether oxygens (including phenoxy) is 1. The van der Waals surface area contributed by atoms with Gasteiger partial charge in [-0.15, -0.1) is 0 Å². The predicted molar refractivity (Wildman–Crippen MR) is 114 cm³/mol. The molecular weight excluding hydrogens is 423 g/mol. The van der Waals surface area contributed by atoms with Gasteiger partial charge in [0.1, 0.15) is 11.4 Å². The maximum absolute atomic E-state index is 12.9. The van der Waals surface area contributed by atoms with Crippen LogP contribution in [0.2, 0.25) is 0 Å². The number of alkyl halides is 3. The number of benzene rings is 2. The lowest BCUT2D eigenvalue weighted by Gasteiger charge is -2.13.